The molecule has 0 spiro atoms. The molecule has 0 radical (unpaired) electrons. The number of aryl methyl sites for hydroxylation is 2. The summed E-state index contributed by atoms with van der Waals surface area (Å²) in [6.07, 6.45) is 7.11. The van der Waals surface area contributed by atoms with Gasteiger partial charge in [-0.1, -0.05) is 0 Å². The average molecular weight is 250 g/mol. The van der Waals surface area contributed by atoms with Crippen LogP contribution in [0.15, 0.2) is 12.4 Å². The first-order valence-electron chi connectivity index (χ1n) is 6.62. The minimum absolute atomic E-state index is 0.257. The van der Waals surface area contributed by atoms with Crippen molar-refractivity contribution < 1.29 is 4.79 Å². The van der Waals surface area contributed by atoms with Crippen molar-refractivity contribution >= 4 is 5.91 Å². The van der Waals surface area contributed by atoms with E-state index >= 15 is 0 Å². The first kappa shape index (κ1) is 13.1. The molecular weight excluding hydrogens is 228 g/mol. The topological polar surface area (TPSA) is 50.2 Å². The van der Waals surface area contributed by atoms with E-state index in [4.69, 9.17) is 0 Å². The molecule has 2 rings (SSSR count). The molecule has 1 aromatic heterocycles. The number of carbonyl (C=O) groups excluding carboxylic acids is 1. The maximum Gasteiger partial charge on any atom is 0.223 e. The molecule has 1 aliphatic heterocycles. The molecule has 1 saturated heterocycles. The summed E-state index contributed by atoms with van der Waals surface area (Å²) in [7, 11) is 3.95. The van der Waals surface area contributed by atoms with Crippen molar-refractivity contribution in [2.24, 2.45) is 7.05 Å². The van der Waals surface area contributed by atoms with Crippen molar-refractivity contribution in [1.29, 1.82) is 0 Å². The van der Waals surface area contributed by atoms with Crippen LogP contribution in [-0.4, -0.2) is 46.5 Å². The molecule has 18 heavy (non-hydrogen) atoms. The fraction of sp³-hybridized carbons (Fsp3) is 0.692. The van der Waals surface area contributed by atoms with Gasteiger partial charge in [0.2, 0.25) is 5.91 Å². The van der Waals surface area contributed by atoms with Gasteiger partial charge in [0.05, 0.1) is 0 Å². The zero-order valence-electron chi connectivity index (χ0n) is 11.2. The standard InChI is InChI=1S/C13H22N4O/c1-14-11-5-8-17(9-6-11)13(18)4-3-12-15-7-10-16(12)2/h7,10-11,14H,3-6,8-9H2,1-2H3. The highest BCUT2D eigenvalue weighted by Crippen LogP contribution is 2.12. The van der Waals surface area contributed by atoms with Crippen molar-refractivity contribution in [1.82, 2.24) is 19.8 Å². The lowest BCUT2D eigenvalue weighted by Gasteiger charge is -2.31. The highest BCUT2D eigenvalue weighted by Gasteiger charge is 2.21. The first-order valence-corrected chi connectivity index (χ1v) is 6.62. The Kier molecular flexibility index (Phi) is 4.36. The number of nitrogens with zero attached hydrogens (tertiary/aromatic N) is 3. The summed E-state index contributed by atoms with van der Waals surface area (Å²) in [5.41, 5.74) is 0. The van der Waals surface area contributed by atoms with Gasteiger partial charge in [0, 0.05) is 51.4 Å². The third-order valence-corrected chi connectivity index (χ3v) is 3.74. The Morgan fingerprint density at radius 1 is 1.50 bits per heavy atom. The van der Waals surface area contributed by atoms with Gasteiger partial charge in [-0.05, 0) is 19.9 Å². The molecule has 1 aromatic rings. The molecule has 5 heteroatoms. The smallest absolute Gasteiger partial charge is 0.223 e. The van der Waals surface area contributed by atoms with Gasteiger partial charge >= 0.3 is 0 Å². The van der Waals surface area contributed by atoms with Crippen LogP contribution in [0.25, 0.3) is 0 Å². The van der Waals surface area contributed by atoms with Gasteiger partial charge in [0.15, 0.2) is 0 Å². The molecule has 0 bridgehead atoms. The van der Waals surface area contributed by atoms with Crippen molar-refractivity contribution in [2.45, 2.75) is 31.7 Å². The molecule has 1 amide bonds. The molecular formula is C13H22N4O. The van der Waals surface area contributed by atoms with Crippen LogP contribution in [0.2, 0.25) is 0 Å². The highest BCUT2D eigenvalue weighted by atomic mass is 16.2. The Bertz CT molecular complexity index is 393. The van der Waals surface area contributed by atoms with E-state index in [-0.39, 0.29) is 5.91 Å². The third-order valence-electron chi connectivity index (χ3n) is 3.74. The molecule has 1 N–H and O–H groups in total. The zero-order valence-corrected chi connectivity index (χ0v) is 11.2. The second-order valence-corrected chi connectivity index (χ2v) is 4.90. The second-order valence-electron chi connectivity index (χ2n) is 4.90. The number of imidazole rings is 1. The minimum Gasteiger partial charge on any atom is -0.343 e. The van der Waals surface area contributed by atoms with Gasteiger partial charge in [-0.25, -0.2) is 4.98 Å². The summed E-state index contributed by atoms with van der Waals surface area (Å²) in [6.45, 7) is 1.76. The van der Waals surface area contributed by atoms with Crippen LogP contribution < -0.4 is 5.32 Å². The molecule has 0 atom stereocenters. The van der Waals surface area contributed by atoms with Gasteiger partial charge in [-0.15, -0.1) is 0 Å². The number of aromatic nitrogens is 2. The molecule has 100 valence electrons. The fourth-order valence-corrected chi connectivity index (χ4v) is 2.43. The quantitative estimate of drug-likeness (QED) is 0.849. The van der Waals surface area contributed by atoms with E-state index in [9.17, 15) is 4.79 Å². The van der Waals surface area contributed by atoms with Crippen molar-refractivity contribution in [3.8, 4) is 0 Å². The van der Waals surface area contributed by atoms with Crippen LogP contribution >= 0.6 is 0 Å². The van der Waals surface area contributed by atoms with Crippen molar-refractivity contribution in [2.75, 3.05) is 20.1 Å². The SMILES string of the molecule is CNC1CCN(C(=O)CCc2nccn2C)CC1. The van der Waals surface area contributed by atoms with Crippen LogP contribution in [0.3, 0.4) is 0 Å². The number of amides is 1. The van der Waals surface area contributed by atoms with Crippen LogP contribution in [-0.2, 0) is 18.3 Å². The fourth-order valence-electron chi connectivity index (χ4n) is 2.43. The Morgan fingerprint density at radius 2 is 2.22 bits per heavy atom. The third kappa shape index (κ3) is 3.10. The summed E-state index contributed by atoms with van der Waals surface area (Å²) in [5.74, 6) is 1.24. The largest absolute Gasteiger partial charge is 0.343 e. The van der Waals surface area contributed by atoms with E-state index in [1.807, 2.05) is 29.8 Å². The summed E-state index contributed by atoms with van der Waals surface area (Å²) < 4.78 is 1.97. The van der Waals surface area contributed by atoms with E-state index in [1.54, 1.807) is 6.20 Å². The Balaban J connectivity index is 1.77. The predicted octanol–water partition coefficient (Wildman–Crippen LogP) is 0.563. The van der Waals surface area contributed by atoms with Crippen LogP contribution in [0.1, 0.15) is 25.1 Å². The highest BCUT2D eigenvalue weighted by molar-refractivity contribution is 5.76. The molecule has 5 nitrogen and oxygen atoms in total. The number of carbonyl (C=O) groups is 1. The summed E-state index contributed by atoms with van der Waals surface area (Å²) in [6, 6.07) is 0.573. The number of nitrogens with one attached hydrogen (secondary N) is 1. The number of hydrogen-bond donors (Lipinski definition) is 1. The molecule has 1 fully saturated rings. The minimum atomic E-state index is 0.257. The monoisotopic (exact) mass is 250 g/mol. The maximum atomic E-state index is 12.1. The predicted molar refractivity (Wildman–Crippen MR) is 70.2 cm³/mol. The van der Waals surface area contributed by atoms with Crippen LogP contribution in [0.4, 0.5) is 0 Å². The van der Waals surface area contributed by atoms with E-state index in [0.29, 0.717) is 12.5 Å². The Morgan fingerprint density at radius 3 is 2.78 bits per heavy atom. The van der Waals surface area contributed by atoms with Gasteiger partial charge in [0.25, 0.3) is 0 Å². The number of rotatable bonds is 4. The van der Waals surface area contributed by atoms with Gasteiger partial charge in [0.1, 0.15) is 5.82 Å². The Hall–Kier alpha value is -1.36. The molecule has 0 aliphatic carbocycles. The second kappa shape index (κ2) is 6.00. The summed E-state index contributed by atoms with van der Waals surface area (Å²) in [5, 5.41) is 3.27. The molecule has 1 aliphatic rings. The number of likely N-dealkylation sites (tertiary alicyclic amines) is 1. The lowest BCUT2D eigenvalue weighted by Crippen LogP contribution is -2.44. The van der Waals surface area contributed by atoms with E-state index in [2.05, 4.69) is 10.3 Å². The first-order chi connectivity index (χ1) is 8.70. The molecule has 0 unspecified atom stereocenters. The van der Waals surface area contributed by atoms with E-state index in [1.165, 1.54) is 0 Å². The number of piperidine rings is 1. The molecule has 0 saturated carbocycles. The Labute approximate surface area is 108 Å². The normalized spacial score (nSPS) is 17.1. The number of hydrogen-bond acceptors (Lipinski definition) is 3. The van der Waals surface area contributed by atoms with E-state index < -0.39 is 0 Å². The van der Waals surface area contributed by atoms with Gasteiger partial charge in [-0.3, -0.25) is 4.79 Å². The van der Waals surface area contributed by atoms with Crippen molar-refractivity contribution in [3.05, 3.63) is 18.2 Å². The van der Waals surface area contributed by atoms with Gasteiger partial charge in [-0.2, -0.15) is 0 Å². The maximum absolute atomic E-state index is 12.1. The zero-order chi connectivity index (χ0) is 13.0. The lowest BCUT2D eigenvalue weighted by molar-refractivity contribution is -0.132. The van der Waals surface area contributed by atoms with Crippen molar-refractivity contribution in [3.63, 3.8) is 0 Å². The lowest BCUT2D eigenvalue weighted by atomic mass is 10.0. The molecule has 0 aromatic carbocycles. The summed E-state index contributed by atoms with van der Waals surface area (Å²) >= 11 is 0. The average Bonchev–Trinajstić information content (AvgIpc) is 2.81. The molecule has 2 heterocycles. The summed E-state index contributed by atoms with van der Waals surface area (Å²) in [4.78, 5) is 18.3. The van der Waals surface area contributed by atoms with E-state index in [0.717, 1.165) is 38.2 Å². The van der Waals surface area contributed by atoms with Crippen LogP contribution in [0.5, 0.6) is 0 Å². The van der Waals surface area contributed by atoms with Gasteiger partial charge < -0.3 is 14.8 Å². The van der Waals surface area contributed by atoms with Crippen LogP contribution in [0, 0.1) is 0 Å².